The number of esters is 1. The van der Waals surface area contributed by atoms with Crippen LogP contribution in [-0.4, -0.2) is 35.8 Å². The Morgan fingerprint density at radius 3 is 2.83 bits per heavy atom. The molecule has 124 valence electrons. The summed E-state index contributed by atoms with van der Waals surface area (Å²) in [6.45, 7) is -0.0641. The molecule has 0 N–H and O–H groups in total. The van der Waals surface area contributed by atoms with Gasteiger partial charge in [-0.15, -0.1) is 0 Å². The summed E-state index contributed by atoms with van der Waals surface area (Å²) in [6, 6.07) is 6.80. The average molecular weight is 347 g/mol. The zero-order valence-electron chi connectivity index (χ0n) is 12.9. The first-order valence-electron chi connectivity index (χ1n) is 6.86. The molecule has 0 radical (unpaired) electrons. The SMILES string of the molecule is COC(=O)Cn1c(=NC(=O)c2ccno2)sc2cc(OC)ccc21. The molecule has 0 aliphatic heterocycles. The van der Waals surface area contributed by atoms with E-state index in [1.54, 1.807) is 23.8 Å². The van der Waals surface area contributed by atoms with Gasteiger partial charge in [-0.3, -0.25) is 9.59 Å². The van der Waals surface area contributed by atoms with Gasteiger partial charge < -0.3 is 18.6 Å². The van der Waals surface area contributed by atoms with E-state index in [1.807, 2.05) is 6.07 Å². The molecule has 24 heavy (non-hydrogen) atoms. The van der Waals surface area contributed by atoms with E-state index in [1.165, 1.54) is 30.7 Å². The van der Waals surface area contributed by atoms with Crippen molar-refractivity contribution in [3.8, 4) is 5.75 Å². The molecule has 0 aliphatic rings. The van der Waals surface area contributed by atoms with E-state index in [0.29, 0.717) is 10.6 Å². The molecule has 0 bridgehead atoms. The highest BCUT2D eigenvalue weighted by Crippen LogP contribution is 2.23. The van der Waals surface area contributed by atoms with Crippen LogP contribution in [0.15, 0.2) is 40.0 Å². The Bertz CT molecular complexity index is 955. The number of amides is 1. The maximum absolute atomic E-state index is 12.1. The van der Waals surface area contributed by atoms with E-state index in [4.69, 9.17) is 14.0 Å². The Kier molecular flexibility index (Phi) is 4.43. The number of thiazole rings is 1. The molecule has 0 saturated carbocycles. The molecule has 0 spiro atoms. The number of hydrogen-bond acceptors (Lipinski definition) is 7. The molecule has 0 aliphatic carbocycles. The van der Waals surface area contributed by atoms with Gasteiger partial charge in [-0.2, -0.15) is 4.99 Å². The lowest BCUT2D eigenvalue weighted by Gasteiger charge is -2.04. The van der Waals surface area contributed by atoms with Crippen molar-refractivity contribution >= 4 is 33.4 Å². The van der Waals surface area contributed by atoms with E-state index in [-0.39, 0.29) is 12.3 Å². The minimum atomic E-state index is -0.579. The van der Waals surface area contributed by atoms with Crippen LogP contribution in [0.5, 0.6) is 5.75 Å². The Labute approximate surface area is 139 Å². The monoisotopic (exact) mass is 347 g/mol. The van der Waals surface area contributed by atoms with Crippen molar-refractivity contribution in [1.29, 1.82) is 0 Å². The number of ether oxygens (including phenoxy) is 2. The summed E-state index contributed by atoms with van der Waals surface area (Å²) >= 11 is 1.26. The van der Waals surface area contributed by atoms with Gasteiger partial charge in [-0.1, -0.05) is 16.5 Å². The first kappa shape index (κ1) is 15.9. The van der Waals surface area contributed by atoms with Crippen LogP contribution in [0.3, 0.4) is 0 Å². The van der Waals surface area contributed by atoms with E-state index in [2.05, 4.69) is 10.1 Å². The van der Waals surface area contributed by atoms with Gasteiger partial charge in [-0.25, -0.2) is 0 Å². The highest BCUT2D eigenvalue weighted by Gasteiger charge is 2.14. The molecule has 0 unspecified atom stereocenters. The van der Waals surface area contributed by atoms with Crippen molar-refractivity contribution in [2.45, 2.75) is 6.54 Å². The molecule has 1 aromatic carbocycles. The molecule has 2 heterocycles. The van der Waals surface area contributed by atoms with Gasteiger partial charge in [-0.05, 0) is 18.2 Å². The van der Waals surface area contributed by atoms with Crippen molar-refractivity contribution in [1.82, 2.24) is 9.72 Å². The zero-order valence-corrected chi connectivity index (χ0v) is 13.7. The van der Waals surface area contributed by atoms with Gasteiger partial charge in [0, 0.05) is 6.07 Å². The first-order valence-corrected chi connectivity index (χ1v) is 7.68. The lowest BCUT2D eigenvalue weighted by atomic mass is 10.3. The van der Waals surface area contributed by atoms with Crippen molar-refractivity contribution in [2.24, 2.45) is 4.99 Å². The maximum Gasteiger partial charge on any atom is 0.325 e. The normalized spacial score (nSPS) is 11.7. The van der Waals surface area contributed by atoms with Gasteiger partial charge in [0.2, 0.25) is 5.76 Å². The smallest absolute Gasteiger partial charge is 0.325 e. The van der Waals surface area contributed by atoms with Crippen molar-refractivity contribution in [3.63, 3.8) is 0 Å². The lowest BCUT2D eigenvalue weighted by molar-refractivity contribution is -0.141. The fourth-order valence-corrected chi connectivity index (χ4v) is 3.14. The second kappa shape index (κ2) is 6.67. The third kappa shape index (κ3) is 3.06. The number of carbonyl (C=O) groups excluding carboxylic acids is 2. The second-order valence-corrected chi connectivity index (χ2v) is 5.68. The van der Waals surface area contributed by atoms with Gasteiger partial charge in [0.25, 0.3) is 0 Å². The standard InChI is InChI=1S/C15H13N3O5S/c1-21-9-3-4-10-12(7-9)24-15(18(10)8-13(19)22-2)17-14(20)11-5-6-16-23-11/h3-7H,8H2,1-2H3. The quantitative estimate of drug-likeness (QED) is 0.665. The summed E-state index contributed by atoms with van der Waals surface area (Å²) in [5.74, 6) is -0.333. The number of aromatic nitrogens is 2. The van der Waals surface area contributed by atoms with Crippen LogP contribution in [0.1, 0.15) is 10.6 Å². The average Bonchev–Trinajstić information content (AvgIpc) is 3.23. The fraction of sp³-hybridized carbons (Fsp3) is 0.200. The summed E-state index contributed by atoms with van der Waals surface area (Å²) in [6.07, 6.45) is 1.36. The van der Waals surface area contributed by atoms with E-state index in [0.717, 1.165) is 10.2 Å². The Balaban J connectivity index is 2.15. The molecule has 0 fully saturated rings. The summed E-state index contributed by atoms with van der Waals surface area (Å²) in [5.41, 5.74) is 0.746. The van der Waals surface area contributed by atoms with Crippen LogP contribution in [0.25, 0.3) is 10.2 Å². The van der Waals surface area contributed by atoms with Crippen molar-refractivity contribution < 1.29 is 23.6 Å². The number of carbonyl (C=O) groups is 2. The second-order valence-electron chi connectivity index (χ2n) is 4.67. The molecule has 3 rings (SSSR count). The number of rotatable bonds is 4. The van der Waals surface area contributed by atoms with Crippen molar-refractivity contribution in [3.05, 3.63) is 41.0 Å². The van der Waals surface area contributed by atoms with Crippen molar-refractivity contribution in [2.75, 3.05) is 14.2 Å². The van der Waals surface area contributed by atoms with E-state index >= 15 is 0 Å². The highest BCUT2D eigenvalue weighted by atomic mass is 32.1. The number of fused-ring (bicyclic) bond motifs is 1. The summed E-state index contributed by atoms with van der Waals surface area (Å²) in [4.78, 5) is 28.2. The number of methoxy groups -OCH3 is 2. The molecule has 9 heteroatoms. The Morgan fingerprint density at radius 1 is 1.33 bits per heavy atom. The summed E-state index contributed by atoms with van der Waals surface area (Å²) in [5, 5.41) is 3.48. The van der Waals surface area contributed by atoms with Crippen LogP contribution in [0, 0.1) is 0 Å². The molecule has 0 atom stereocenters. The molecule has 1 amide bonds. The Morgan fingerprint density at radius 2 is 2.17 bits per heavy atom. The van der Waals surface area contributed by atoms with Crippen LogP contribution in [-0.2, 0) is 16.1 Å². The van der Waals surface area contributed by atoms with Gasteiger partial charge in [0.15, 0.2) is 4.80 Å². The van der Waals surface area contributed by atoms with E-state index in [9.17, 15) is 9.59 Å². The first-order chi connectivity index (χ1) is 11.6. The summed E-state index contributed by atoms with van der Waals surface area (Å²) in [7, 11) is 2.87. The van der Waals surface area contributed by atoms with Crippen LogP contribution in [0.2, 0.25) is 0 Å². The number of benzene rings is 1. The molecular weight excluding hydrogens is 334 g/mol. The zero-order chi connectivity index (χ0) is 17.1. The van der Waals surface area contributed by atoms with Gasteiger partial charge in [0.1, 0.15) is 12.3 Å². The number of hydrogen-bond donors (Lipinski definition) is 0. The highest BCUT2D eigenvalue weighted by molar-refractivity contribution is 7.16. The number of nitrogens with zero attached hydrogens (tertiary/aromatic N) is 3. The summed E-state index contributed by atoms with van der Waals surface area (Å²) < 4.78 is 17.2. The molecular formula is C15H13N3O5S. The largest absolute Gasteiger partial charge is 0.497 e. The lowest BCUT2D eigenvalue weighted by Crippen LogP contribution is -2.22. The third-order valence-electron chi connectivity index (χ3n) is 3.25. The van der Waals surface area contributed by atoms with Gasteiger partial charge >= 0.3 is 11.9 Å². The molecule has 0 saturated heterocycles. The minimum Gasteiger partial charge on any atom is -0.497 e. The molecule has 3 aromatic rings. The molecule has 2 aromatic heterocycles. The minimum absolute atomic E-state index is 0.0228. The fourth-order valence-electron chi connectivity index (χ4n) is 2.08. The third-order valence-corrected chi connectivity index (χ3v) is 4.29. The Hall–Kier alpha value is -2.94. The molecule has 8 nitrogen and oxygen atoms in total. The predicted molar refractivity (Wildman–Crippen MR) is 84.8 cm³/mol. The van der Waals surface area contributed by atoms with Crippen LogP contribution in [0.4, 0.5) is 0 Å². The van der Waals surface area contributed by atoms with E-state index < -0.39 is 11.9 Å². The van der Waals surface area contributed by atoms with Crippen LogP contribution < -0.4 is 9.54 Å². The topological polar surface area (TPSA) is 95.9 Å². The predicted octanol–water partition coefficient (Wildman–Crippen LogP) is 1.61. The maximum atomic E-state index is 12.1. The van der Waals surface area contributed by atoms with Gasteiger partial charge in [0.05, 0.1) is 30.6 Å². The van der Waals surface area contributed by atoms with Crippen LogP contribution >= 0.6 is 11.3 Å².